The van der Waals surface area contributed by atoms with E-state index in [1.165, 1.54) is 6.07 Å². The molecule has 1 aliphatic heterocycles. The van der Waals surface area contributed by atoms with Crippen LogP contribution in [0.25, 0.3) is 0 Å². The Morgan fingerprint density at radius 2 is 1.79 bits per heavy atom. The lowest BCUT2D eigenvalue weighted by molar-refractivity contribution is -0.137. The highest BCUT2D eigenvalue weighted by atomic mass is 32.2. The smallest absolute Gasteiger partial charge is 0.373 e. The van der Waals surface area contributed by atoms with Crippen molar-refractivity contribution < 1.29 is 26.3 Å². The van der Waals surface area contributed by atoms with Crippen LogP contribution in [0.5, 0.6) is 0 Å². The molecule has 4 rings (SSSR count). The molecule has 2 heterocycles. The van der Waals surface area contributed by atoms with Crippen molar-refractivity contribution in [3.63, 3.8) is 0 Å². The van der Waals surface area contributed by atoms with Crippen molar-refractivity contribution in [1.29, 1.82) is 0 Å². The van der Waals surface area contributed by atoms with Crippen LogP contribution >= 0.6 is 0 Å². The molecular weight excluding hydrogens is 393 g/mol. The molecule has 0 spiro atoms. The highest BCUT2D eigenvalue weighted by Crippen LogP contribution is 2.39. The summed E-state index contributed by atoms with van der Waals surface area (Å²) in [7, 11) is -3.92. The summed E-state index contributed by atoms with van der Waals surface area (Å²) in [4.78, 5) is 8.36. The van der Waals surface area contributed by atoms with Crippen molar-refractivity contribution in [3.05, 3.63) is 53.6 Å². The third kappa shape index (κ3) is 3.91. The van der Waals surface area contributed by atoms with Crippen LogP contribution in [-0.2, 0) is 20.8 Å². The zero-order valence-corrected chi connectivity index (χ0v) is 15.7. The minimum atomic E-state index is -4.59. The fourth-order valence-corrected chi connectivity index (χ4v) is 5.17. The van der Waals surface area contributed by atoms with Gasteiger partial charge in [0.2, 0.25) is 0 Å². The molecule has 1 saturated carbocycles. The zero-order valence-electron chi connectivity index (χ0n) is 14.9. The van der Waals surface area contributed by atoms with E-state index in [9.17, 15) is 21.6 Å². The van der Waals surface area contributed by atoms with E-state index in [-0.39, 0.29) is 24.3 Å². The molecule has 0 radical (unpaired) electrons. The summed E-state index contributed by atoms with van der Waals surface area (Å²) >= 11 is 0. The van der Waals surface area contributed by atoms with Gasteiger partial charge in [0, 0.05) is 30.5 Å². The zero-order chi connectivity index (χ0) is 19.9. The second-order valence-corrected chi connectivity index (χ2v) is 9.45. The molecule has 5 nitrogen and oxygen atoms in total. The number of ether oxygens (including phenoxy) is 1. The summed E-state index contributed by atoms with van der Waals surface area (Å²) in [5.41, 5.74) is -0.283. The van der Waals surface area contributed by atoms with Gasteiger partial charge in [-0.1, -0.05) is 6.07 Å². The van der Waals surface area contributed by atoms with Gasteiger partial charge in [-0.3, -0.25) is 0 Å². The SMILES string of the molecule is O=S(=O)(c1cccc(C(F)(F)F)c1)C1CCOC(c2cnc(C3CC3)nc2)C1. The van der Waals surface area contributed by atoms with E-state index in [1.807, 2.05) is 0 Å². The number of sulfone groups is 1. The van der Waals surface area contributed by atoms with Crippen LogP contribution in [0.3, 0.4) is 0 Å². The number of aromatic nitrogens is 2. The van der Waals surface area contributed by atoms with E-state index in [1.54, 1.807) is 12.4 Å². The molecule has 2 fully saturated rings. The summed E-state index contributed by atoms with van der Waals surface area (Å²) in [6.45, 7) is 0.206. The maximum absolute atomic E-state index is 12.9. The highest BCUT2D eigenvalue weighted by molar-refractivity contribution is 7.92. The van der Waals surface area contributed by atoms with Gasteiger partial charge in [-0.05, 0) is 43.9 Å². The van der Waals surface area contributed by atoms with Gasteiger partial charge in [0.05, 0.1) is 21.8 Å². The van der Waals surface area contributed by atoms with E-state index in [0.29, 0.717) is 17.5 Å². The number of hydrogen-bond acceptors (Lipinski definition) is 5. The van der Waals surface area contributed by atoms with E-state index in [0.717, 1.165) is 30.8 Å². The van der Waals surface area contributed by atoms with Crippen LogP contribution in [0.1, 0.15) is 54.7 Å². The monoisotopic (exact) mass is 412 g/mol. The van der Waals surface area contributed by atoms with Crippen LogP contribution in [0.2, 0.25) is 0 Å². The Morgan fingerprint density at radius 1 is 1.07 bits per heavy atom. The molecule has 2 unspecified atom stereocenters. The van der Waals surface area contributed by atoms with Crippen LogP contribution in [0.4, 0.5) is 13.2 Å². The fraction of sp³-hybridized carbons (Fsp3) is 0.474. The number of nitrogens with zero attached hydrogens (tertiary/aromatic N) is 2. The topological polar surface area (TPSA) is 69.2 Å². The largest absolute Gasteiger partial charge is 0.416 e. The lowest BCUT2D eigenvalue weighted by Gasteiger charge is -2.29. The van der Waals surface area contributed by atoms with Gasteiger partial charge in [-0.15, -0.1) is 0 Å². The predicted molar refractivity (Wildman–Crippen MR) is 94.4 cm³/mol. The molecule has 1 aromatic carbocycles. The third-order valence-corrected chi connectivity index (χ3v) is 7.39. The minimum Gasteiger partial charge on any atom is -0.373 e. The lowest BCUT2D eigenvalue weighted by Crippen LogP contribution is -2.31. The maximum atomic E-state index is 12.9. The Bertz CT molecular complexity index is 957. The van der Waals surface area contributed by atoms with Gasteiger partial charge in [0.15, 0.2) is 9.84 Å². The summed E-state index contributed by atoms with van der Waals surface area (Å²) in [5.74, 6) is 1.20. The average molecular weight is 412 g/mol. The Hall–Kier alpha value is -2.00. The Morgan fingerprint density at radius 3 is 2.43 bits per heavy atom. The highest BCUT2D eigenvalue weighted by Gasteiger charge is 2.37. The molecule has 1 aromatic heterocycles. The number of rotatable bonds is 4. The Balaban J connectivity index is 1.55. The van der Waals surface area contributed by atoms with Crippen molar-refractivity contribution in [2.24, 2.45) is 0 Å². The van der Waals surface area contributed by atoms with Crippen molar-refractivity contribution in [2.75, 3.05) is 6.61 Å². The minimum absolute atomic E-state index is 0.157. The van der Waals surface area contributed by atoms with Crippen molar-refractivity contribution in [3.8, 4) is 0 Å². The third-order valence-electron chi connectivity index (χ3n) is 5.17. The first kappa shape index (κ1) is 19.3. The van der Waals surface area contributed by atoms with Crippen molar-refractivity contribution in [1.82, 2.24) is 9.97 Å². The van der Waals surface area contributed by atoms with Gasteiger partial charge in [0.1, 0.15) is 5.82 Å². The standard InChI is InChI=1S/C19H19F3N2O3S/c20-19(21,22)14-2-1-3-15(8-14)28(25,26)16-6-7-27-17(9-16)13-10-23-18(24-11-13)12-4-5-12/h1-3,8,10-12,16-17H,4-7,9H2. The van der Waals surface area contributed by atoms with E-state index >= 15 is 0 Å². The second kappa shape index (κ2) is 7.11. The first-order chi connectivity index (χ1) is 13.2. The molecule has 2 atom stereocenters. The molecule has 0 amide bonds. The number of halogens is 3. The van der Waals surface area contributed by atoms with Gasteiger partial charge < -0.3 is 4.74 Å². The van der Waals surface area contributed by atoms with E-state index in [4.69, 9.17) is 4.74 Å². The van der Waals surface area contributed by atoms with Crippen molar-refractivity contribution >= 4 is 9.84 Å². The average Bonchev–Trinajstić information content (AvgIpc) is 3.53. The predicted octanol–water partition coefficient (Wildman–Crippen LogP) is 4.07. The summed E-state index contributed by atoms with van der Waals surface area (Å²) in [6.07, 6.45) is 0.778. The number of hydrogen-bond donors (Lipinski definition) is 0. The molecule has 2 aromatic rings. The van der Waals surface area contributed by atoms with E-state index in [2.05, 4.69) is 9.97 Å². The molecule has 1 saturated heterocycles. The van der Waals surface area contributed by atoms with Crippen LogP contribution in [0, 0.1) is 0 Å². The van der Waals surface area contributed by atoms with Gasteiger partial charge in [-0.2, -0.15) is 13.2 Å². The molecule has 9 heteroatoms. The molecular formula is C19H19F3N2O3S. The maximum Gasteiger partial charge on any atom is 0.416 e. The summed E-state index contributed by atoms with van der Waals surface area (Å²) in [6, 6.07) is 3.90. The lowest BCUT2D eigenvalue weighted by atomic mass is 10.0. The number of benzene rings is 1. The first-order valence-corrected chi connectivity index (χ1v) is 10.6. The molecule has 150 valence electrons. The molecule has 2 aliphatic rings. The van der Waals surface area contributed by atoms with E-state index < -0.39 is 32.9 Å². The molecule has 0 N–H and O–H groups in total. The molecule has 1 aliphatic carbocycles. The Kier molecular flexibility index (Phi) is 4.91. The summed E-state index contributed by atoms with van der Waals surface area (Å²) in [5, 5.41) is -0.821. The van der Waals surface area contributed by atoms with Crippen molar-refractivity contribution in [2.45, 2.75) is 54.0 Å². The van der Waals surface area contributed by atoms with Gasteiger partial charge >= 0.3 is 6.18 Å². The number of alkyl halides is 3. The van der Waals surface area contributed by atoms with Gasteiger partial charge in [-0.25, -0.2) is 18.4 Å². The van der Waals surface area contributed by atoms with Gasteiger partial charge in [0.25, 0.3) is 0 Å². The second-order valence-electron chi connectivity index (χ2n) is 7.23. The summed E-state index contributed by atoms with van der Waals surface area (Å²) < 4.78 is 70.4. The molecule has 28 heavy (non-hydrogen) atoms. The van der Waals surface area contributed by atoms with Crippen LogP contribution in [0.15, 0.2) is 41.6 Å². The quantitative estimate of drug-likeness (QED) is 0.757. The Labute approximate surface area is 160 Å². The van der Waals surface area contributed by atoms with Crippen LogP contribution < -0.4 is 0 Å². The fourth-order valence-electron chi connectivity index (χ4n) is 3.39. The molecule has 0 bridgehead atoms. The first-order valence-electron chi connectivity index (χ1n) is 9.10. The normalized spacial score (nSPS) is 23.5. The van der Waals surface area contributed by atoms with Crippen LogP contribution in [-0.4, -0.2) is 30.2 Å².